The standard InChI is InChI=1S/C21H32N4O2/c1-3-25(19(26)10-11-22)17-9-5-8-16(13-17)23-21(27)18-12-15-7-4-6-14(2)20(15)24-18/h4,6-7,16-18,24H,3,5,8-13,22H2,1-2H3,(H,23,27)/t16-,17?,18?/m1/s1. The molecule has 0 radical (unpaired) electrons. The number of benzene rings is 1. The first-order valence-corrected chi connectivity index (χ1v) is 10.2. The van der Waals surface area contributed by atoms with Crippen molar-refractivity contribution in [2.45, 2.75) is 70.5 Å². The second kappa shape index (κ2) is 8.74. The van der Waals surface area contributed by atoms with Crippen LogP contribution in [0.2, 0.25) is 0 Å². The Morgan fingerprint density at radius 2 is 2.15 bits per heavy atom. The Hall–Kier alpha value is -2.08. The van der Waals surface area contributed by atoms with Crippen molar-refractivity contribution in [3.05, 3.63) is 29.3 Å². The van der Waals surface area contributed by atoms with Gasteiger partial charge in [-0.05, 0) is 50.7 Å². The molecule has 1 fully saturated rings. The van der Waals surface area contributed by atoms with E-state index >= 15 is 0 Å². The van der Waals surface area contributed by atoms with Gasteiger partial charge in [0.1, 0.15) is 6.04 Å². The number of aryl methyl sites for hydroxylation is 1. The zero-order valence-corrected chi connectivity index (χ0v) is 16.5. The molecule has 27 heavy (non-hydrogen) atoms. The van der Waals surface area contributed by atoms with Gasteiger partial charge in [0.15, 0.2) is 0 Å². The average Bonchev–Trinajstić information content (AvgIpc) is 3.09. The smallest absolute Gasteiger partial charge is 0.243 e. The third-order valence-electron chi connectivity index (χ3n) is 5.87. The van der Waals surface area contributed by atoms with Crippen LogP contribution in [0.4, 0.5) is 5.69 Å². The van der Waals surface area contributed by atoms with Crippen LogP contribution in [0.25, 0.3) is 0 Å². The molecule has 2 amide bonds. The fourth-order valence-corrected chi connectivity index (χ4v) is 4.49. The second-order valence-corrected chi connectivity index (χ2v) is 7.75. The van der Waals surface area contributed by atoms with Crippen molar-refractivity contribution < 1.29 is 9.59 Å². The summed E-state index contributed by atoms with van der Waals surface area (Å²) in [5.74, 6) is 0.188. The van der Waals surface area contributed by atoms with E-state index in [2.05, 4.69) is 29.7 Å². The number of nitrogens with one attached hydrogen (secondary N) is 2. The Labute approximate surface area is 161 Å². The molecule has 148 valence electrons. The molecule has 0 spiro atoms. The number of nitrogens with two attached hydrogens (primary N) is 1. The molecule has 0 bridgehead atoms. The number of anilines is 1. The summed E-state index contributed by atoms with van der Waals surface area (Å²) in [4.78, 5) is 27.1. The lowest BCUT2D eigenvalue weighted by Crippen LogP contribution is -2.50. The first kappa shape index (κ1) is 19.7. The molecule has 2 unspecified atom stereocenters. The number of para-hydroxylation sites is 1. The zero-order valence-electron chi connectivity index (χ0n) is 16.5. The van der Waals surface area contributed by atoms with Crippen molar-refractivity contribution in [1.82, 2.24) is 10.2 Å². The van der Waals surface area contributed by atoms with Gasteiger partial charge in [0, 0.05) is 43.7 Å². The predicted octanol–water partition coefficient (Wildman–Crippen LogP) is 1.96. The number of fused-ring (bicyclic) bond motifs is 1. The largest absolute Gasteiger partial charge is 0.373 e. The molecule has 3 rings (SSSR count). The van der Waals surface area contributed by atoms with Crippen LogP contribution in [-0.4, -0.2) is 47.9 Å². The minimum absolute atomic E-state index is 0.0626. The second-order valence-electron chi connectivity index (χ2n) is 7.75. The number of carbonyl (C=O) groups excluding carboxylic acids is 2. The Morgan fingerprint density at radius 3 is 2.85 bits per heavy atom. The molecule has 1 aromatic rings. The van der Waals surface area contributed by atoms with Gasteiger partial charge in [0.2, 0.25) is 11.8 Å². The SMILES string of the molecule is CCN(C(=O)CCN)C1CCC[C@@H](NC(=O)C2Cc3cccc(C)c3N2)C1. The lowest BCUT2D eigenvalue weighted by molar-refractivity contribution is -0.133. The molecule has 4 N–H and O–H groups in total. The van der Waals surface area contributed by atoms with Crippen molar-refractivity contribution in [2.24, 2.45) is 5.73 Å². The van der Waals surface area contributed by atoms with Gasteiger partial charge in [0.25, 0.3) is 0 Å². The van der Waals surface area contributed by atoms with E-state index in [1.165, 1.54) is 11.1 Å². The summed E-state index contributed by atoms with van der Waals surface area (Å²) >= 11 is 0. The van der Waals surface area contributed by atoms with Crippen LogP contribution in [0.3, 0.4) is 0 Å². The molecule has 1 heterocycles. The third-order valence-corrected chi connectivity index (χ3v) is 5.87. The summed E-state index contributed by atoms with van der Waals surface area (Å²) < 4.78 is 0. The quantitative estimate of drug-likeness (QED) is 0.712. The number of amides is 2. The van der Waals surface area contributed by atoms with Crippen LogP contribution < -0.4 is 16.4 Å². The first-order valence-electron chi connectivity index (χ1n) is 10.2. The summed E-state index contributed by atoms with van der Waals surface area (Å²) in [5, 5.41) is 6.61. The van der Waals surface area contributed by atoms with E-state index in [4.69, 9.17) is 5.73 Å². The molecule has 1 saturated carbocycles. The summed E-state index contributed by atoms with van der Waals surface area (Å²) in [6.45, 7) is 5.16. The number of nitrogens with zero attached hydrogens (tertiary/aromatic N) is 1. The topological polar surface area (TPSA) is 87.5 Å². The highest BCUT2D eigenvalue weighted by Gasteiger charge is 2.32. The molecule has 0 aromatic heterocycles. The molecular formula is C21H32N4O2. The van der Waals surface area contributed by atoms with Crippen LogP contribution in [-0.2, 0) is 16.0 Å². The molecule has 1 aliphatic carbocycles. The van der Waals surface area contributed by atoms with Crippen LogP contribution in [0.1, 0.15) is 50.2 Å². The van der Waals surface area contributed by atoms with E-state index in [1.807, 2.05) is 17.9 Å². The van der Waals surface area contributed by atoms with Gasteiger partial charge in [-0.1, -0.05) is 18.2 Å². The Balaban J connectivity index is 1.57. The van der Waals surface area contributed by atoms with E-state index in [1.54, 1.807) is 0 Å². The minimum Gasteiger partial charge on any atom is -0.373 e. The number of hydrogen-bond donors (Lipinski definition) is 3. The summed E-state index contributed by atoms with van der Waals surface area (Å²) in [6, 6.07) is 6.31. The molecule has 6 nitrogen and oxygen atoms in total. The fraction of sp³-hybridized carbons (Fsp3) is 0.619. The van der Waals surface area contributed by atoms with Gasteiger partial charge in [-0.3, -0.25) is 9.59 Å². The van der Waals surface area contributed by atoms with E-state index in [0.717, 1.165) is 37.8 Å². The van der Waals surface area contributed by atoms with E-state index in [-0.39, 0.29) is 29.9 Å². The van der Waals surface area contributed by atoms with Crippen molar-refractivity contribution in [3.8, 4) is 0 Å². The van der Waals surface area contributed by atoms with Crippen molar-refractivity contribution in [3.63, 3.8) is 0 Å². The van der Waals surface area contributed by atoms with Gasteiger partial charge in [-0.15, -0.1) is 0 Å². The van der Waals surface area contributed by atoms with Gasteiger partial charge >= 0.3 is 0 Å². The number of carbonyl (C=O) groups is 2. The Bertz CT molecular complexity index is 691. The van der Waals surface area contributed by atoms with Crippen LogP contribution in [0.15, 0.2) is 18.2 Å². The Kier molecular flexibility index (Phi) is 6.37. The third kappa shape index (κ3) is 4.43. The summed E-state index contributed by atoms with van der Waals surface area (Å²) in [5.41, 5.74) is 9.04. The fourth-order valence-electron chi connectivity index (χ4n) is 4.49. The summed E-state index contributed by atoms with van der Waals surface area (Å²) in [7, 11) is 0. The van der Waals surface area contributed by atoms with Crippen molar-refractivity contribution in [1.29, 1.82) is 0 Å². The normalized spacial score (nSPS) is 24.0. The minimum atomic E-state index is -0.206. The number of rotatable bonds is 6. The van der Waals surface area contributed by atoms with Gasteiger partial charge < -0.3 is 21.3 Å². The lowest BCUT2D eigenvalue weighted by atomic mass is 9.89. The van der Waals surface area contributed by atoms with E-state index in [9.17, 15) is 9.59 Å². The maximum atomic E-state index is 12.8. The predicted molar refractivity (Wildman–Crippen MR) is 108 cm³/mol. The maximum absolute atomic E-state index is 12.8. The lowest BCUT2D eigenvalue weighted by Gasteiger charge is -2.37. The molecule has 1 aromatic carbocycles. The highest BCUT2D eigenvalue weighted by molar-refractivity contribution is 5.88. The zero-order chi connectivity index (χ0) is 19.4. The van der Waals surface area contributed by atoms with Gasteiger partial charge in [-0.25, -0.2) is 0 Å². The first-order chi connectivity index (χ1) is 13.0. The van der Waals surface area contributed by atoms with Crippen LogP contribution >= 0.6 is 0 Å². The average molecular weight is 373 g/mol. The van der Waals surface area contributed by atoms with Crippen molar-refractivity contribution >= 4 is 17.5 Å². The highest BCUT2D eigenvalue weighted by Crippen LogP contribution is 2.29. The molecule has 2 aliphatic rings. The van der Waals surface area contributed by atoms with E-state index in [0.29, 0.717) is 19.5 Å². The molecule has 1 aliphatic heterocycles. The molecule has 6 heteroatoms. The molecule has 0 saturated heterocycles. The van der Waals surface area contributed by atoms with Gasteiger partial charge in [0.05, 0.1) is 0 Å². The monoisotopic (exact) mass is 372 g/mol. The maximum Gasteiger partial charge on any atom is 0.243 e. The summed E-state index contributed by atoms with van der Waals surface area (Å²) in [6.07, 6.45) is 4.96. The Morgan fingerprint density at radius 1 is 1.33 bits per heavy atom. The number of hydrogen-bond acceptors (Lipinski definition) is 4. The van der Waals surface area contributed by atoms with Crippen molar-refractivity contribution in [2.75, 3.05) is 18.4 Å². The van der Waals surface area contributed by atoms with E-state index < -0.39 is 0 Å². The van der Waals surface area contributed by atoms with Crippen LogP contribution in [0, 0.1) is 6.92 Å². The molecule has 3 atom stereocenters. The molecular weight excluding hydrogens is 340 g/mol. The van der Waals surface area contributed by atoms with Gasteiger partial charge in [-0.2, -0.15) is 0 Å². The highest BCUT2D eigenvalue weighted by atomic mass is 16.2. The van der Waals surface area contributed by atoms with Crippen LogP contribution in [0.5, 0.6) is 0 Å².